The van der Waals surface area contributed by atoms with Crippen molar-refractivity contribution >= 4 is 6.29 Å². The van der Waals surface area contributed by atoms with Crippen LogP contribution >= 0.6 is 0 Å². The SMILES string of the molecule is C/C(NC(C)C)=C(\C=O)CN. The zero-order chi connectivity index (χ0) is 8.85. The van der Waals surface area contributed by atoms with Crippen LogP contribution in [0.4, 0.5) is 0 Å². The van der Waals surface area contributed by atoms with Gasteiger partial charge < -0.3 is 11.1 Å². The number of nitrogens with two attached hydrogens (primary N) is 1. The molecule has 0 fully saturated rings. The van der Waals surface area contributed by atoms with Gasteiger partial charge in [-0.3, -0.25) is 4.79 Å². The molecular formula is C8H16N2O. The molecule has 3 N–H and O–H groups in total. The highest BCUT2D eigenvalue weighted by molar-refractivity contribution is 5.74. The monoisotopic (exact) mass is 156 g/mol. The van der Waals surface area contributed by atoms with Crippen molar-refractivity contribution in [2.75, 3.05) is 6.54 Å². The maximum Gasteiger partial charge on any atom is 0.149 e. The minimum atomic E-state index is 0.301. The Kier molecular flexibility index (Phi) is 4.54. The van der Waals surface area contributed by atoms with Crippen molar-refractivity contribution in [3.63, 3.8) is 0 Å². The molecule has 64 valence electrons. The summed E-state index contributed by atoms with van der Waals surface area (Å²) in [6, 6.07) is 0.344. The smallest absolute Gasteiger partial charge is 0.149 e. The van der Waals surface area contributed by atoms with Crippen molar-refractivity contribution in [1.29, 1.82) is 0 Å². The summed E-state index contributed by atoms with van der Waals surface area (Å²) in [6.07, 6.45) is 0.796. The molecule has 0 atom stereocenters. The van der Waals surface area contributed by atoms with E-state index in [-0.39, 0.29) is 0 Å². The molecule has 0 aromatic rings. The number of hydrogen-bond acceptors (Lipinski definition) is 3. The second-order valence-electron chi connectivity index (χ2n) is 2.77. The third-order valence-corrected chi connectivity index (χ3v) is 1.35. The average molecular weight is 156 g/mol. The summed E-state index contributed by atoms with van der Waals surface area (Å²) in [7, 11) is 0. The van der Waals surface area contributed by atoms with E-state index in [2.05, 4.69) is 5.32 Å². The molecule has 0 bridgehead atoms. The average Bonchev–Trinajstić information content (AvgIpc) is 1.88. The Labute approximate surface area is 67.7 Å². The Morgan fingerprint density at radius 3 is 2.45 bits per heavy atom. The molecule has 0 amide bonds. The predicted octanol–water partition coefficient (Wildman–Crippen LogP) is 0.416. The fourth-order valence-electron chi connectivity index (χ4n) is 0.815. The highest BCUT2D eigenvalue weighted by Gasteiger charge is 1.99. The lowest BCUT2D eigenvalue weighted by molar-refractivity contribution is -0.105. The van der Waals surface area contributed by atoms with Crippen molar-refractivity contribution in [3.8, 4) is 0 Å². The van der Waals surface area contributed by atoms with Crippen LogP contribution in [0, 0.1) is 0 Å². The molecule has 11 heavy (non-hydrogen) atoms. The topological polar surface area (TPSA) is 55.1 Å². The summed E-state index contributed by atoms with van der Waals surface area (Å²) >= 11 is 0. The van der Waals surface area contributed by atoms with Crippen LogP contribution in [0.2, 0.25) is 0 Å². The molecule has 0 aliphatic heterocycles. The first kappa shape index (κ1) is 10.2. The summed E-state index contributed by atoms with van der Waals surface area (Å²) in [5.74, 6) is 0. The van der Waals surface area contributed by atoms with E-state index >= 15 is 0 Å². The molecule has 0 aromatic carbocycles. The molecular weight excluding hydrogens is 140 g/mol. The highest BCUT2D eigenvalue weighted by atomic mass is 16.1. The summed E-state index contributed by atoms with van der Waals surface area (Å²) in [6.45, 7) is 6.19. The van der Waals surface area contributed by atoms with Crippen molar-refractivity contribution in [3.05, 3.63) is 11.3 Å². The number of rotatable bonds is 4. The number of aldehydes is 1. The van der Waals surface area contributed by atoms with Gasteiger partial charge in [-0.25, -0.2) is 0 Å². The molecule has 0 saturated heterocycles. The van der Waals surface area contributed by atoms with Gasteiger partial charge in [0.25, 0.3) is 0 Å². The second-order valence-corrected chi connectivity index (χ2v) is 2.77. The summed E-state index contributed by atoms with van der Waals surface area (Å²) in [5, 5.41) is 3.11. The van der Waals surface area contributed by atoms with Crippen LogP contribution in [0.15, 0.2) is 11.3 Å². The number of carbonyl (C=O) groups is 1. The lowest BCUT2D eigenvalue weighted by Gasteiger charge is -2.11. The molecule has 0 aliphatic carbocycles. The maximum absolute atomic E-state index is 10.4. The number of carbonyl (C=O) groups excluding carboxylic acids is 1. The van der Waals surface area contributed by atoms with Gasteiger partial charge in [0.15, 0.2) is 0 Å². The van der Waals surface area contributed by atoms with Crippen LogP contribution in [-0.4, -0.2) is 18.9 Å². The van der Waals surface area contributed by atoms with Gasteiger partial charge in [-0.1, -0.05) is 0 Å². The Morgan fingerprint density at radius 2 is 2.18 bits per heavy atom. The van der Waals surface area contributed by atoms with Crippen LogP contribution in [0.5, 0.6) is 0 Å². The Hall–Kier alpha value is -0.830. The van der Waals surface area contributed by atoms with E-state index in [4.69, 9.17) is 5.73 Å². The minimum Gasteiger partial charge on any atom is -0.386 e. The second kappa shape index (κ2) is 4.91. The van der Waals surface area contributed by atoms with Crippen molar-refractivity contribution in [2.24, 2.45) is 5.73 Å². The fourth-order valence-corrected chi connectivity index (χ4v) is 0.815. The highest BCUT2D eigenvalue weighted by Crippen LogP contribution is 1.96. The molecule has 3 heteroatoms. The van der Waals surface area contributed by atoms with Crippen LogP contribution in [0.25, 0.3) is 0 Å². The number of hydrogen-bond donors (Lipinski definition) is 2. The molecule has 0 aromatic heterocycles. The summed E-state index contributed by atoms with van der Waals surface area (Å²) in [4.78, 5) is 10.4. The molecule has 0 spiro atoms. The Bertz CT molecular complexity index is 161. The van der Waals surface area contributed by atoms with Crippen molar-refractivity contribution < 1.29 is 4.79 Å². The normalized spacial score (nSPS) is 12.8. The Morgan fingerprint density at radius 1 is 1.64 bits per heavy atom. The summed E-state index contributed by atoms with van der Waals surface area (Å²) in [5.41, 5.74) is 6.84. The molecule has 3 nitrogen and oxygen atoms in total. The standard InChI is InChI=1S/C8H16N2O/c1-6(2)10-7(3)8(4-9)5-11/h5-6,10H,4,9H2,1-3H3/b8-7+. The van der Waals surface area contributed by atoms with Gasteiger partial charge in [0.2, 0.25) is 0 Å². The first-order valence-corrected chi connectivity index (χ1v) is 3.73. The Balaban J connectivity index is 4.23. The zero-order valence-corrected chi connectivity index (χ0v) is 7.35. The minimum absolute atomic E-state index is 0.301. The number of allylic oxidation sites excluding steroid dienone is 1. The first-order valence-electron chi connectivity index (χ1n) is 3.73. The van der Waals surface area contributed by atoms with Crippen LogP contribution in [0.3, 0.4) is 0 Å². The number of nitrogens with one attached hydrogen (secondary N) is 1. The zero-order valence-electron chi connectivity index (χ0n) is 7.35. The predicted molar refractivity (Wildman–Crippen MR) is 46.1 cm³/mol. The van der Waals surface area contributed by atoms with E-state index in [1.165, 1.54) is 0 Å². The van der Waals surface area contributed by atoms with Gasteiger partial charge >= 0.3 is 0 Å². The van der Waals surface area contributed by atoms with Gasteiger partial charge in [0.05, 0.1) is 0 Å². The summed E-state index contributed by atoms with van der Waals surface area (Å²) < 4.78 is 0. The van der Waals surface area contributed by atoms with Crippen LogP contribution < -0.4 is 11.1 Å². The van der Waals surface area contributed by atoms with Gasteiger partial charge in [-0.2, -0.15) is 0 Å². The lowest BCUT2D eigenvalue weighted by atomic mass is 10.2. The van der Waals surface area contributed by atoms with E-state index in [0.717, 1.165) is 12.0 Å². The largest absolute Gasteiger partial charge is 0.386 e. The van der Waals surface area contributed by atoms with Gasteiger partial charge in [-0.05, 0) is 20.8 Å². The lowest BCUT2D eigenvalue weighted by Crippen LogP contribution is -2.23. The third-order valence-electron chi connectivity index (χ3n) is 1.35. The molecule has 0 rings (SSSR count). The van der Waals surface area contributed by atoms with Crippen LogP contribution in [0.1, 0.15) is 20.8 Å². The van der Waals surface area contributed by atoms with Crippen LogP contribution in [-0.2, 0) is 4.79 Å². The van der Waals surface area contributed by atoms with E-state index < -0.39 is 0 Å². The molecule has 0 heterocycles. The first-order chi connectivity index (χ1) is 5.11. The maximum atomic E-state index is 10.4. The van der Waals surface area contributed by atoms with Crippen molar-refractivity contribution in [1.82, 2.24) is 5.32 Å². The quantitative estimate of drug-likeness (QED) is 0.458. The van der Waals surface area contributed by atoms with Crippen molar-refractivity contribution in [2.45, 2.75) is 26.8 Å². The third kappa shape index (κ3) is 3.78. The molecule has 0 unspecified atom stereocenters. The van der Waals surface area contributed by atoms with Gasteiger partial charge in [-0.15, -0.1) is 0 Å². The fraction of sp³-hybridized carbons (Fsp3) is 0.625. The van der Waals surface area contributed by atoms with Gasteiger partial charge in [0.1, 0.15) is 6.29 Å². The molecule has 0 radical (unpaired) electrons. The van der Waals surface area contributed by atoms with E-state index in [9.17, 15) is 4.79 Å². The van der Waals surface area contributed by atoms with E-state index in [0.29, 0.717) is 18.2 Å². The van der Waals surface area contributed by atoms with E-state index in [1.807, 2.05) is 20.8 Å². The van der Waals surface area contributed by atoms with E-state index in [1.54, 1.807) is 0 Å². The molecule has 0 saturated carbocycles. The van der Waals surface area contributed by atoms with Gasteiger partial charge in [0, 0.05) is 23.9 Å². The molecule has 0 aliphatic rings.